The first kappa shape index (κ1) is 30.4. The molecule has 0 aromatic heterocycles. The minimum absolute atomic E-state index is 0.0623. The van der Waals surface area contributed by atoms with Crippen molar-refractivity contribution in [1.82, 2.24) is 10.2 Å². The molecule has 0 fully saturated rings. The van der Waals surface area contributed by atoms with Crippen LogP contribution in [0.25, 0.3) is 0 Å². The van der Waals surface area contributed by atoms with Crippen molar-refractivity contribution in [2.24, 2.45) is 0 Å². The lowest BCUT2D eigenvalue weighted by Crippen LogP contribution is -2.52. The first-order chi connectivity index (χ1) is 18.4. The Balaban J connectivity index is 2.06. The van der Waals surface area contributed by atoms with Gasteiger partial charge in [0.15, 0.2) is 0 Å². The number of nitrogens with one attached hydrogen (secondary N) is 1. The van der Waals surface area contributed by atoms with Crippen molar-refractivity contribution in [1.29, 1.82) is 0 Å². The Morgan fingerprint density at radius 1 is 0.949 bits per heavy atom. The second kappa shape index (κ2) is 13.3. The summed E-state index contributed by atoms with van der Waals surface area (Å²) in [7, 11) is -4.09. The van der Waals surface area contributed by atoms with Crippen LogP contribution < -0.4 is 9.62 Å². The maximum absolute atomic E-state index is 14.0. The summed E-state index contributed by atoms with van der Waals surface area (Å²) in [6.07, 6.45) is 0.744. The molecule has 9 heteroatoms. The van der Waals surface area contributed by atoms with Gasteiger partial charge in [-0.25, -0.2) is 8.42 Å². The number of aryl methyl sites for hydroxylation is 2. The molecule has 3 rings (SSSR count). The fourth-order valence-corrected chi connectivity index (χ4v) is 6.04. The third kappa shape index (κ3) is 7.70. The van der Waals surface area contributed by atoms with Gasteiger partial charge in [0.25, 0.3) is 10.0 Å². The van der Waals surface area contributed by atoms with Crippen LogP contribution in [0.3, 0.4) is 0 Å². The number of anilines is 1. The largest absolute Gasteiger partial charge is 0.352 e. The van der Waals surface area contributed by atoms with Crippen LogP contribution in [0.5, 0.6) is 0 Å². The van der Waals surface area contributed by atoms with Crippen molar-refractivity contribution in [3.63, 3.8) is 0 Å². The van der Waals surface area contributed by atoms with E-state index < -0.39 is 28.5 Å². The van der Waals surface area contributed by atoms with Crippen LogP contribution in [0.2, 0.25) is 0 Å². The van der Waals surface area contributed by atoms with Crippen LogP contribution >= 0.6 is 15.9 Å². The molecule has 0 aliphatic carbocycles. The zero-order valence-electron chi connectivity index (χ0n) is 23.0. The van der Waals surface area contributed by atoms with Gasteiger partial charge in [0.2, 0.25) is 11.8 Å². The van der Waals surface area contributed by atoms with Gasteiger partial charge in [0, 0.05) is 17.1 Å². The number of halogens is 1. The number of hydrogen-bond donors (Lipinski definition) is 1. The maximum atomic E-state index is 14.0. The van der Waals surface area contributed by atoms with Crippen molar-refractivity contribution in [2.45, 2.75) is 64.6 Å². The molecule has 0 aliphatic heterocycles. The molecule has 2 amide bonds. The SMILES string of the molecule is CC[C@@H](C)NC(=O)[C@H](C)N(Cc1cccc(Br)c1)C(=O)CN(c1cc(C)ccc1C)S(=O)(=O)c1ccccc1. The Labute approximate surface area is 240 Å². The molecule has 3 aromatic rings. The number of benzene rings is 3. The van der Waals surface area contributed by atoms with Crippen molar-refractivity contribution < 1.29 is 18.0 Å². The molecule has 39 heavy (non-hydrogen) atoms. The van der Waals surface area contributed by atoms with E-state index in [1.807, 2.05) is 64.1 Å². The number of carbonyl (C=O) groups is 2. The van der Waals surface area contributed by atoms with Gasteiger partial charge in [-0.1, -0.05) is 65.3 Å². The molecule has 0 bridgehead atoms. The third-order valence-electron chi connectivity index (χ3n) is 6.65. The monoisotopic (exact) mass is 613 g/mol. The van der Waals surface area contributed by atoms with Gasteiger partial charge in [-0.15, -0.1) is 0 Å². The van der Waals surface area contributed by atoms with Crippen LogP contribution in [0.1, 0.15) is 43.9 Å². The fourth-order valence-electron chi connectivity index (χ4n) is 4.10. The van der Waals surface area contributed by atoms with E-state index >= 15 is 0 Å². The van der Waals surface area contributed by atoms with Crippen LogP contribution in [-0.2, 0) is 26.2 Å². The average molecular weight is 615 g/mol. The molecule has 0 spiro atoms. The van der Waals surface area contributed by atoms with E-state index in [-0.39, 0.29) is 23.4 Å². The zero-order valence-corrected chi connectivity index (χ0v) is 25.4. The number of hydrogen-bond acceptors (Lipinski definition) is 4. The van der Waals surface area contributed by atoms with E-state index in [4.69, 9.17) is 0 Å². The average Bonchev–Trinajstić information content (AvgIpc) is 2.91. The summed E-state index contributed by atoms with van der Waals surface area (Å²) in [6, 6.07) is 20.2. The lowest BCUT2D eigenvalue weighted by molar-refractivity contribution is -0.139. The normalized spacial score (nSPS) is 12.9. The first-order valence-corrected chi connectivity index (χ1v) is 15.2. The van der Waals surface area contributed by atoms with Gasteiger partial charge in [-0.2, -0.15) is 0 Å². The van der Waals surface area contributed by atoms with Crippen molar-refractivity contribution in [2.75, 3.05) is 10.8 Å². The predicted octanol–water partition coefficient (Wildman–Crippen LogP) is 5.59. The van der Waals surface area contributed by atoms with Crippen LogP contribution in [0.15, 0.2) is 82.2 Å². The highest BCUT2D eigenvalue weighted by molar-refractivity contribution is 9.10. The van der Waals surface area contributed by atoms with Gasteiger partial charge in [0.1, 0.15) is 12.6 Å². The molecule has 208 valence electrons. The van der Waals surface area contributed by atoms with Gasteiger partial charge in [-0.05, 0) is 81.1 Å². The molecule has 2 atom stereocenters. The Morgan fingerprint density at radius 3 is 2.28 bits per heavy atom. The standard InChI is InChI=1S/C30H36BrN3O4S/c1-6-23(4)32-30(36)24(5)33(19-25-11-10-12-26(31)18-25)29(35)20-34(28-17-21(2)15-16-22(28)3)39(37,38)27-13-8-7-9-14-27/h7-18,23-24H,6,19-20H2,1-5H3,(H,32,36)/t23-,24+/m1/s1. The molecule has 0 saturated heterocycles. The number of amides is 2. The van der Waals surface area contributed by atoms with Crippen LogP contribution in [0.4, 0.5) is 5.69 Å². The van der Waals surface area contributed by atoms with Gasteiger partial charge >= 0.3 is 0 Å². The minimum atomic E-state index is -4.09. The van der Waals surface area contributed by atoms with E-state index in [0.717, 1.165) is 26.3 Å². The molecule has 3 aromatic carbocycles. The van der Waals surface area contributed by atoms with E-state index in [1.165, 1.54) is 17.0 Å². The summed E-state index contributed by atoms with van der Waals surface area (Å²) in [5.41, 5.74) is 2.81. The number of carbonyl (C=O) groups excluding carboxylic acids is 2. The highest BCUT2D eigenvalue weighted by atomic mass is 79.9. The Bertz CT molecular complexity index is 1410. The van der Waals surface area contributed by atoms with E-state index in [2.05, 4.69) is 21.2 Å². The van der Waals surface area contributed by atoms with Crippen LogP contribution in [0, 0.1) is 13.8 Å². The van der Waals surface area contributed by atoms with Crippen molar-refractivity contribution in [3.8, 4) is 0 Å². The maximum Gasteiger partial charge on any atom is 0.264 e. The molecule has 0 radical (unpaired) electrons. The second-order valence-corrected chi connectivity index (χ2v) is 12.5. The Morgan fingerprint density at radius 2 is 1.64 bits per heavy atom. The van der Waals surface area contributed by atoms with E-state index in [0.29, 0.717) is 11.3 Å². The topological polar surface area (TPSA) is 86.8 Å². The van der Waals surface area contributed by atoms with Gasteiger partial charge in [-0.3, -0.25) is 13.9 Å². The molecule has 0 aliphatic rings. The number of rotatable bonds is 11. The smallest absolute Gasteiger partial charge is 0.264 e. The number of sulfonamides is 1. The second-order valence-electron chi connectivity index (χ2n) is 9.76. The predicted molar refractivity (Wildman–Crippen MR) is 159 cm³/mol. The summed E-state index contributed by atoms with van der Waals surface area (Å²) in [6.45, 7) is 8.90. The summed E-state index contributed by atoms with van der Waals surface area (Å²) < 4.78 is 29.8. The molecule has 1 N–H and O–H groups in total. The quantitative estimate of drug-likeness (QED) is 0.305. The van der Waals surface area contributed by atoms with E-state index in [1.54, 1.807) is 31.2 Å². The van der Waals surface area contributed by atoms with Gasteiger partial charge in [0.05, 0.1) is 10.6 Å². The summed E-state index contributed by atoms with van der Waals surface area (Å²) >= 11 is 3.46. The zero-order chi connectivity index (χ0) is 28.7. The van der Waals surface area contributed by atoms with Crippen molar-refractivity contribution >= 4 is 43.5 Å². The number of nitrogens with zero attached hydrogens (tertiary/aromatic N) is 2. The van der Waals surface area contributed by atoms with Crippen LogP contribution in [-0.4, -0.2) is 43.8 Å². The van der Waals surface area contributed by atoms with Gasteiger partial charge < -0.3 is 10.2 Å². The Hall–Kier alpha value is -3.17. The lowest BCUT2D eigenvalue weighted by atomic mass is 10.1. The molecular formula is C30H36BrN3O4S. The summed E-state index contributed by atoms with van der Waals surface area (Å²) in [5, 5.41) is 2.95. The highest BCUT2D eigenvalue weighted by Gasteiger charge is 2.33. The highest BCUT2D eigenvalue weighted by Crippen LogP contribution is 2.28. The fraction of sp³-hybridized carbons (Fsp3) is 0.333. The first-order valence-electron chi connectivity index (χ1n) is 12.9. The van der Waals surface area contributed by atoms with Crippen molar-refractivity contribution in [3.05, 3.63) is 94.0 Å². The lowest BCUT2D eigenvalue weighted by Gasteiger charge is -2.33. The summed E-state index contributed by atoms with van der Waals surface area (Å²) in [5.74, 6) is -0.779. The molecule has 0 saturated carbocycles. The molecule has 0 heterocycles. The van der Waals surface area contributed by atoms with E-state index in [9.17, 15) is 18.0 Å². The molecule has 7 nitrogen and oxygen atoms in total. The minimum Gasteiger partial charge on any atom is -0.352 e. The molecular weight excluding hydrogens is 578 g/mol. The third-order valence-corrected chi connectivity index (χ3v) is 8.92. The molecule has 0 unspecified atom stereocenters. The summed E-state index contributed by atoms with van der Waals surface area (Å²) in [4.78, 5) is 28.7. The Kier molecular flexibility index (Phi) is 10.3.